The number of H-pyrrole nitrogens is 1. The number of piperidine rings is 1. The first-order valence-electron chi connectivity index (χ1n) is 12.8. The normalized spacial score (nSPS) is 21.7. The van der Waals surface area contributed by atoms with Crippen molar-refractivity contribution in [2.45, 2.75) is 39.3 Å². The van der Waals surface area contributed by atoms with Gasteiger partial charge in [-0.05, 0) is 26.2 Å². The number of hydrogen-bond acceptors (Lipinski definition) is 9. The Balaban J connectivity index is 1.29. The summed E-state index contributed by atoms with van der Waals surface area (Å²) in [5.41, 5.74) is 1.63. The number of carboxylic acid groups (broad SMARTS) is 1. The fourth-order valence-electron chi connectivity index (χ4n) is 5.01. The molecule has 39 heavy (non-hydrogen) atoms. The zero-order chi connectivity index (χ0) is 27.8. The largest absolute Gasteiger partial charge is 0.477 e. The van der Waals surface area contributed by atoms with Gasteiger partial charge in [-0.25, -0.2) is 19.7 Å². The minimum Gasteiger partial charge on any atom is -0.477 e. The Hall–Kier alpha value is -2.93. The van der Waals surface area contributed by atoms with Crippen LogP contribution in [0.3, 0.4) is 0 Å². The molecule has 0 radical (unpaired) electrons. The molecular weight excluding hydrogens is 563 g/mol. The lowest BCUT2D eigenvalue weighted by Gasteiger charge is -2.37. The molecule has 0 saturated carbocycles. The molecule has 2 fully saturated rings. The summed E-state index contributed by atoms with van der Waals surface area (Å²) in [5.74, 6) is -0.519. The molecular formula is C25H30Cl2N8O3S. The number of aromatic nitrogens is 4. The Morgan fingerprint density at radius 3 is 2.54 bits per heavy atom. The van der Waals surface area contributed by atoms with Gasteiger partial charge in [-0.1, -0.05) is 41.5 Å². The molecule has 208 valence electrons. The van der Waals surface area contributed by atoms with Crippen LogP contribution in [0, 0.1) is 12.8 Å². The van der Waals surface area contributed by atoms with E-state index < -0.39 is 5.97 Å². The number of anilines is 2. The Morgan fingerprint density at radius 2 is 1.92 bits per heavy atom. The van der Waals surface area contributed by atoms with Crippen molar-refractivity contribution in [1.82, 2.24) is 30.6 Å². The van der Waals surface area contributed by atoms with Crippen molar-refractivity contribution < 1.29 is 14.7 Å². The third-order valence-corrected chi connectivity index (χ3v) is 9.21. The number of aryl methyl sites for hydroxylation is 1. The number of aromatic carboxylic acids is 1. The SMILES string of the molecule is Cc1[nH]c(C(=O)N[C@@H]2CCN(c3nc(-c4cnc(N5CCN[C@H](C)C5)cn4)c(C(=O)O)s3)C[C@@H]2C)c(Cl)c1Cl. The number of carbonyl (C=O) groups excluding carboxylic acids is 1. The molecule has 0 bridgehead atoms. The summed E-state index contributed by atoms with van der Waals surface area (Å²) in [7, 11) is 0. The summed E-state index contributed by atoms with van der Waals surface area (Å²) in [6, 6.07) is 0.269. The average molecular weight is 594 g/mol. The van der Waals surface area contributed by atoms with E-state index in [4.69, 9.17) is 23.2 Å². The summed E-state index contributed by atoms with van der Waals surface area (Å²) in [4.78, 5) is 46.0. The van der Waals surface area contributed by atoms with E-state index in [2.05, 4.69) is 47.3 Å². The Kier molecular flexibility index (Phi) is 7.99. The highest BCUT2D eigenvalue weighted by Crippen LogP contribution is 2.35. The van der Waals surface area contributed by atoms with Crippen LogP contribution in [0.1, 0.15) is 46.1 Å². The van der Waals surface area contributed by atoms with Crippen LogP contribution in [0.15, 0.2) is 12.4 Å². The molecule has 11 nitrogen and oxygen atoms in total. The summed E-state index contributed by atoms with van der Waals surface area (Å²) in [6.45, 7) is 9.65. The van der Waals surface area contributed by atoms with Crippen molar-refractivity contribution in [2.75, 3.05) is 42.5 Å². The Morgan fingerprint density at radius 1 is 1.13 bits per heavy atom. The van der Waals surface area contributed by atoms with Gasteiger partial charge in [0, 0.05) is 50.5 Å². The monoisotopic (exact) mass is 592 g/mol. The summed E-state index contributed by atoms with van der Waals surface area (Å²) in [5, 5.41) is 17.5. The first-order valence-corrected chi connectivity index (χ1v) is 14.3. The third kappa shape index (κ3) is 5.69. The van der Waals surface area contributed by atoms with Crippen LogP contribution < -0.4 is 20.4 Å². The van der Waals surface area contributed by atoms with E-state index in [0.29, 0.717) is 52.8 Å². The Labute approximate surface area is 239 Å². The highest BCUT2D eigenvalue weighted by atomic mass is 35.5. The minimum atomic E-state index is -1.05. The lowest BCUT2D eigenvalue weighted by Crippen LogP contribution is -2.50. The standard InChI is InChI=1S/C25H30Cl2N8O3S/c1-12-10-35(6-4-15(12)32-23(36)21-19(27)18(26)14(3)31-21)25-33-20(22(39-25)24(37)38)16-8-30-17(9-29-16)34-7-5-28-13(2)11-34/h8-9,12-13,15,28,31H,4-7,10-11H2,1-3H3,(H,32,36)(H,37,38)/t12-,13+,15+/m0/s1. The van der Waals surface area contributed by atoms with Crippen molar-refractivity contribution in [2.24, 2.45) is 5.92 Å². The summed E-state index contributed by atoms with van der Waals surface area (Å²) in [6.07, 6.45) is 3.93. The zero-order valence-electron chi connectivity index (χ0n) is 21.8. The van der Waals surface area contributed by atoms with E-state index in [1.807, 2.05) is 6.92 Å². The minimum absolute atomic E-state index is 0.0779. The first kappa shape index (κ1) is 27.6. The molecule has 14 heteroatoms. The maximum absolute atomic E-state index is 12.8. The molecule has 3 aromatic rings. The van der Waals surface area contributed by atoms with Gasteiger partial charge in [0.25, 0.3) is 5.91 Å². The maximum atomic E-state index is 12.8. The molecule has 1 amide bonds. The molecule has 4 N–H and O–H groups in total. The van der Waals surface area contributed by atoms with E-state index in [9.17, 15) is 14.7 Å². The number of rotatable bonds is 6. The molecule has 2 saturated heterocycles. The average Bonchev–Trinajstić information content (AvgIpc) is 3.48. The highest BCUT2D eigenvalue weighted by Gasteiger charge is 2.32. The van der Waals surface area contributed by atoms with Gasteiger partial charge in [0.05, 0.1) is 22.4 Å². The van der Waals surface area contributed by atoms with Gasteiger partial charge in [0.2, 0.25) is 0 Å². The third-order valence-electron chi connectivity index (χ3n) is 7.16. The number of nitrogens with one attached hydrogen (secondary N) is 3. The fraction of sp³-hybridized carbons (Fsp3) is 0.480. The molecule has 0 aromatic carbocycles. The van der Waals surface area contributed by atoms with Crippen LogP contribution in [-0.4, -0.2) is 81.7 Å². The van der Waals surface area contributed by atoms with Gasteiger partial charge in [0.15, 0.2) is 5.13 Å². The number of thiazole rings is 1. The number of piperazine rings is 1. The van der Waals surface area contributed by atoms with E-state index in [1.54, 1.807) is 19.3 Å². The van der Waals surface area contributed by atoms with Crippen molar-refractivity contribution in [3.05, 3.63) is 38.7 Å². The number of aromatic amines is 1. The number of halogens is 2. The molecule has 0 aliphatic carbocycles. The maximum Gasteiger partial charge on any atom is 0.348 e. The van der Waals surface area contributed by atoms with Crippen LogP contribution >= 0.6 is 34.5 Å². The number of amides is 1. The molecule has 5 rings (SSSR count). The predicted octanol–water partition coefficient (Wildman–Crippen LogP) is 3.68. The zero-order valence-corrected chi connectivity index (χ0v) is 24.1. The van der Waals surface area contributed by atoms with Crippen LogP contribution in [-0.2, 0) is 0 Å². The smallest absolute Gasteiger partial charge is 0.348 e. The van der Waals surface area contributed by atoms with Gasteiger partial charge < -0.3 is 30.5 Å². The van der Waals surface area contributed by atoms with E-state index in [0.717, 1.165) is 36.8 Å². The second-order valence-electron chi connectivity index (χ2n) is 10.1. The van der Waals surface area contributed by atoms with Crippen LogP contribution in [0.5, 0.6) is 0 Å². The van der Waals surface area contributed by atoms with E-state index in [1.165, 1.54) is 0 Å². The van der Waals surface area contributed by atoms with Crippen molar-refractivity contribution in [3.63, 3.8) is 0 Å². The lowest BCUT2D eigenvalue weighted by molar-refractivity contribution is 0.0702. The number of nitrogens with zero attached hydrogens (tertiary/aromatic N) is 5. The van der Waals surface area contributed by atoms with Gasteiger partial charge in [-0.3, -0.25) is 4.79 Å². The van der Waals surface area contributed by atoms with Crippen LogP contribution in [0.2, 0.25) is 10.0 Å². The van der Waals surface area contributed by atoms with Crippen molar-refractivity contribution >= 4 is 57.4 Å². The molecule has 5 heterocycles. The number of carboxylic acids is 1. The van der Waals surface area contributed by atoms with E-state index >= 15 is 0 Å². The second kappa shape index (κ2) is 11.3. The Bertz CT molecular complexity index is 1380. The van der Waals surface area contributed by atoms with Crippen molar-refractivity contribution in [1.29, 1.82) is 0 Å². The number of carbonyl (C=O) groups is 2. The van der Waals surface area contributed by atoms with Gasteiger partial charge in [-0.2, -0.15) is 0 Å². The lowest BCUT2D eigenvalue weighted by atomic mass is 9.94. The van der Waals surface area contributed by atoms with Crippen molar-refractivity contribution in [3.8, 4) is 11.4 Å². The van der Waals surface area contributed by atoms with Crippen LogP contribution in [0.4, 0.5) is 10.9 Å². The fourth-order valence-corrected chi connectivity index (χ4v) is 6.38. The van der Waals surface area contributed by atoms with E-state index in [-0.39, 0.29) is 33.5 Å². The second-order valence-corrected chi connectivity index (χ2v) is 11.8. The predicted molar refractivity (Wildman–Crippen MR) is 153 cm³/mol. The molecule has 3 aromatic heterocycles. The molecule has 2 aliphatic heterocycles. The van der Waals surface area contributed by atoms with Gasteiger partial charge >= 0.3 is 5.97 Å². The topological polar surface area (TPSA) is 139 Å². The van der Waals surface area contributed by atoms with Crippen LogP contribution in [0.25, 0.3) is 11.4 Å². The first-order chi connectivity index (χ1) is 18.6. The summed E-state index contributed by atoms with van der Waals surface area (Å²) < 4.78 is 0. The highest BCUT2D eigenvalue weighted by molar-refractivity contribution is 7.17. The molecule has 0 spiro atoms. The molecule has 2 aliphatic rings. The summed E-state index contributed by atoms with van der Waals surface area (Å²) >= 11 is 13.5. The number of hydrogen-bond donors (Lipinski definition) is 4. The van der Waals surface area contributed by atoms with Gasteiger partial charge in [-0.15, -0.1) is 0 Å². The quantitative estimate of drug-likeness (QED) is 0.337. The van der Waals surface area contributed by atoms with Gasteiger partial charge in [0.1, 0.15) is 27.8 Å². The molecule has 0 unspecified atom stereocenters. The molecule has 3 atom stereocenters.